The Hall–Kier alpha value is -4.61. The monoisotopic (exact) mass is 561 g/mol. The summed E-state index contributed by atoms with van der Waals surface area (Å²) in [5, 5.41) is 23.8. The Labute approximate surface area is 231 Å². The number of amides is 1. The molecule has 0 fully saturated rings. The van der Waals surface area contributed by atoms with E-state index in [-0.39, 0.29) is 29.1 Å². The van der Waals surface area contributed by atoms with Gasteiger partial charge < -0.3 is 10.1 Å². The highest BCUT2D eigenvalue weighted by Crippen LogP contribution is 2.32. The molecule has 39 heavy (non-hydrogen) atoms. The maximum absolute atomic E-state index is 13.5. The molecule has 0 saturated heterocycles. The highest BCUT2D eigenvalue weighted by Gasteiger charge is 2.22. The Balaban J connectivity index is 1.42. The summed E-state index contributed by atoms with van der Waals surface area (Å²) in [6.07, 6.45) is -0.0250. The van der Waals surface area contributed by atoms with Crippen molar-refractivity contribution < 1.29 is 19.2 Å². The van der Waals surface area contributed by atoms with Gasteiger partial charge in [-0.15, -0.1) is 10.2 Å². The molecule has 1 N–H and O–H groups in total. The van der Waals surface area contributed by atoms with Gasteiger partial charge in [0.2, 0.25) is 11.0 Å². The number of ether oxygens (including phenoxy) is 1. The Bertz CT molecular complexity index is 1730. The van der Waals surface area contributed by atoms with Crippen molar-refractivity contribution in [2.45, 2.75) is 13.3 Å². The minimum absolute atomic E-state index is 0.0250. The van der Waals surface area contributed by atoms with Crippen LogP contribution >= 0.6 is 22.9 Å². The van der Waals surface area contributed by atoms with Gasteiger partial charge in [0.1, 0.15) is 10.8 Å². The predicted octanol–water partition coefficient (Wildman–Crippen LogP) is 5.91. The van der Waals surface area contributed by atoms with Crippen molar-refractivity contribution in [3.05, 3.63) is 98.7 Å². The molecule has 0 saturated carbocycles. The molecule has 5 rings (SSSR count). The maximum Gasteiger partial charge on any atom is 0.269 e. The number of nitro benzene ring substituents is 1. The van der Waals surface area contributed by atoms with Crippen LogP contribution in [0.4, 0.5) is 10.8 Å². The predicted molar refractivity (Wildman–Crippen MR) is 149 cm³/mol. The molecular formula is C27H20ClN5O5S. The number of rotatable bonds is 7. The number of fused-ring (bicyclic) bond motifs is 1. The lowest BCUT2D eigenvalue weighted by molar-refractivity contribution is -0.384. The van der Waals surface area contributed by atoms with E-state index < -0.39 is 4.92 Å². The number of carbonyl (C=O) groups is 2. The van der Waals surface area contributed by atoms with E-state index in [1.807, 2.05) is 0 Å². The quantitative estimate of drug-likeness (QED) is 0.193. The Kier molecular flexibility index (Phi) is 7.09. The number of methoxy groups -OCH3 is 1. The van der Waals surface area contributed by atoms with E-state index in [1.54, 1.807) is 73.2 Å². The van der Waals surface area contributed by atoms with Gasteiger partial charge in [-0.05, 0) is 67.1 Å². The summed E-state index contributed by atoms with van der Waals surface area (Å²) in [6.45, 7) is 1.79. The Morgan fingerprint density at radius 1 is 1.08 bits per heavy atom. The van der Waals surface area contributed by atoms with Crippen molar-refractivity contribution in [3.8, 4) is 16.3 Å². The molecule has 2 heterocycles. The molecule has 2 aromatic heterocycles. The van der Waals surface area contributed by atoms with Crippen LogP contribution in [0.3, 0.4) is 0 Å². The molecule has 0 aliphatic heterocycles. The average molecular weight is 562 g/mol. The second-order valence-electron chi connectivity index (χ2n) is 8.54. The number of hydrogen-bond acceptors (Lipinski definition) is 8. The highest BCUT2D eigenvalue weighted by molar-refractivity contribution is 7.18. The van der Waals surface area contributed by atoms with E-state index in [4.69, 9.17) is 16.3 Å². The first-order chi connectivity index (χ1) is 18.7. The molecule has 5 aromatic rings. The van der Waals surface area contributed by atoms with Crippen LogP contribution in [0.15, 0.2) is 66.7 Å². The molecule has 3 aromatic carbocycles. The van der Waals surface area contributed by atoms with Crippen LogP contribution in [-0.2, 0) is 11.2 Å². The first kappa shape index (κ1) is 26.0. The zero-order valence-electron chi connectivity index (χ0n) is 20.7. The summed E-state index contributed by atoms with van der Waals surface area (Å²) >= 11 is 7.14. The second kappa shape index (κ2) is 10.6. The fourth-order valence-electron chi connectivity index (χ4n) is 4.24. The smallest absolute Gasteiger partial charge is 0.269 e. The third-order valence-corrected chi connectivity index (χ3v) is 7.31. The lowest BCUT2D eigenvalue weighted by Gasteiger charge is -2.08. The number of aromatic nitrogens is 3. The fourth-order valence-corrected chi connectivity index (χ4v) is 5.13. The SMILES string of the molecule is COc1ccc2c(c1)c(CC(=O)Nc1nnc(-c3ccc([N+](=O)[O-])cc3)s1)c(C)n2C(=O)c1ccc(Cl)cc1. The Morgan fingerprint density at radius 3 is 2.46 bits per heavy atom. The molecular weight excluding hydrogens is 542 g/mol. The largest absolute Gasteiger partial charge is 0.497 e. The third-order valence-electron chi connectivity index (χ3n) is 6.17. The van der Waals surface area contributed by atoms with Crippen molar-refractivity contribution in [1.29, 1.82) is 0 Å². The molecule has 0 aliphatic rings. The van der Waals surface area contributed by atoms with Crippen LogP contribution in [0.5, 0.6) is 5.75 Å². The molecule has 1 amide bonds. The second-order valence-corrected chi connectivity index (χ2v) is 9.95. The van der Waals surface area contributed by atoms with Crippen molar-refractivity contribution in [3.63, 3.8) is 0 Å². The summed E-state index contributed by atoms with van der Waals surface area (Å²) in [7, 11) is 1.55. The van der Waals surface area contributed by atoms with E-state index in [1.165, 1.54) is 12.1 Å². The number of halogens is 1. The highest BCUT2D eigenvalue weighted by atomic mass is 35.5. The fraction of sp³-hybridized carbons (Fsp3) is 0.111. The summed E-state index contributed by atoms with van der Waals surface area (Å²) in [4.78, 5) is 37.0. The molecule has 0 unspecified atom stereocenters. The molecule has 0 bridgehead atoms. The number of hydrogen-bond donors (Lipinski definition) is 1. The normalized spacial score (nSPS) is 10.9. The van der Waals surface area contributed by atoms with Crippen LogP contribution in [-0.4, -0.2) is 38.6 Å². The third kappa shape index (κ3) is 5.22. The number of anilines is 1. The van der Waals surface area contributed by atoms with Gasteiger partial charge in [-0.25, -0.2) is 0 Å². The van der Waals surface area contributed by atoms with Crippen molar-refractivity contribution in [2.75, 3.05) is 12.4 Å². The van der Waals surface area contributed by atoms with Crippen LogP contribution in [0.1, 0.15) is 21.6 Å². The lowest BCUT2D eigenvalue weighted by Crippen LogP contribution is -2.16. The maximum atomic E-state index is 13.5. The van der Waals surface area contributed by atoms with E-state index >= 15 is 0 Å². The molecule has 10 nitrogen and oxygen atoms in total. The minimum atomic E-state index is -0.479. The van der Waals surface area contributed by atoms with E-state index in [0.717, 1.165) is 11.3 Å². The Morgan fingerprint density at radius 2 is 1.79 bits per heavy atom. The average Bonchev–Trinajstić information content (AvgIpc) is 3.50. The molecule has 0 radical (unpaired) electrons. The number of nitro groups is 1. The van der Waals surface area contributed by atoms with Crippen LogP contribution in [0.25, 0.3) is 21.5 Å². The van der Waals surface area contributed by atoms with Gasteiger partial charge >= 0.3 is 0 Å². The van der Waals surface area contributed by atoms with Gasteiger partial charge in [0.15, 0.2) is 0 Å². The van der Waals surface area contributed by atoms with E-state index in [9.17, 15) is 19.7 Å². The van der Waals surface area contributed by atoms with Gasteiger partial charge in [-0.3, -0.25) is 24.3 Å². The van der Waals surface area contributed by atoms with E-state index in [2.05, 4.69) is 15.5 Å². The summed E-state index contributed by atoms with van der Waals surface area (Å²) in [5.41, 5.74) is 3.01. The van der Waals surface area contributed by atoms with Gasteiger partial charge in [-0.2, -0.15) is 0 Å². The number of non-ortho nitro benzene ring substituents is 1. The van der Waals surface area contributed by atoms with Crippen molar-refractivity contribution in [1.82, 2.24) is 14.8 Å². The standard InChI is InChI=1S/C27H20ClN5O5S/c1-15-21(14-24(34)29-27-31-30-25(39-27)16-5-9-19(10-6-16)33(36)37)22-13-20(38-2)11-12-23(22)32(15)26(35)17-3-7-18(28)8-4-17/h3-13H,14H2,1-2H3,(H,29,31,34). The minimum Gasteiger partial charge on any atom is -0.497 e. The lowest BCUT2D eigenvalue weighted by atomic mass is 10.1. The zero-order chi connectivity index (χ0) is 27.7. The molecule has 196 valence electrons. The van der Waals surface area contributed by atoms with Crippen molar-refractivity contribution in [2.24, 2.45) is 0 Å². The first-order valence-corrected chi connectivity index (χ1v) is 12.8. The summed E-state index contributed by atoms with van der Waals surface area (Å²) < 4.78 is 6.97. The van der Waals surface area contributed by atoms with Crippen LogP contribution in [0.2, 0.25) is 5.02 Å². The topological polar surface area (TPSA) is 129 Å². The van der Waals surface area contributed by atoms with Gasteiger partial charge in [0, 0.05) is 39.4 Å². The zero-order valence-corrected chi connectivity index (χ0v) is 22.2. The molecule has 0 aliphatic carbocycles. The number of nitrogens with one attached hydrogen (secondary N) is 1. The number of carbonyl (C=O) groups excluding carboxylic acids is 2. The molecule has 12 heteroatoms. The van der Waals surface area contributed by atoms with Crippen molar-refractivity contribution >= 4 is 56.5 Å². The van der Waals surface area contributed by atoms with Gasteiger partial charge in [-0.1, -0.05) is 22.9 Å². The van der Waals surface area contributed by atoms with E-state index in [0.29, 0.717) is 49.1 Å². The number of nitrogens with zero attached hydrogens (tertiary/aromatic N) is 4. The number of benzene rings is 3. The van der Waals surface area contributed by atoms with Crippen LogP contribution in [0, 0.1) is 17.0 Å². The molecule has 0 spiro atoms. The summed E-state index contributed by atoms with van der Waals surface area (Å²) in [5.74, 6) is 0.00489. The first-order valence-electron chi connectivity index (χ1n) is 11.6. The van der Waals surface area contributed by atoms with Gasteiger partial charge in [0.05, 0.1) is 24.0 Å². The summed E-state index contributed by atoms with van der Waals surface area (Å²) in [6, 6.07) is 17.9. The van der Waals surface area contributed by atoms with Crippen LogP contribution < -0.4 is 10.1 Å². The molecule has 0 atom stereocenters. The van der Waals surface area contributed by atoms with Gasteiger partial charge in [0.25, 0.3) is 11.6 Å².